The van der Waals surface area contributed by atoms with Crippen molar-refractivity contribution in [2.24, 2.45) is 17.3 Å². The number of hydrogen-bond donors (Lipinski definition) is 0. The second-order valence-electron chi connectivity index (χ2n) is 8.72. The van der Waals surface area contributed by atoms with Crippen LogP contribution in [0, 0.1) is 27.7 Å². The van der Waals surface area contributed by atoms with E-state index in [0.717, 1.165) is 32.1 Å². The van der Waals surface area contributed by atoms with Crippen LogP contribution < -0.4 is 5.69 Å². The minimum Gasteiger partial charge on any atom is -0.465 e. The molecular weight excluding hydrogens is 391 g/mol. The fourth-order valence-electron chi connectivity index (χ4n) is 3.50. The highest BCUT2D eigenvalue weighted by Crippen LogP contribution is 2.35. The minimum absolute atomic E-state index is 0.0354. The van der Waals surface area contributed by atoms with Crippen LogP contribution >= 0.6 is 12.2 Å². The lowest BCUT2D eigenvalue weighted by Gasteiger charge is -2.32. The Labute approximate surface area is 179 Å². The second kappa shape index (κ2) is 11.6. The summed E-state index contributed by atoms with van der Waals surface area (Å²) in [5.41, 5.74) is -0.729. The molecule has 1 heterocycles. The maximum Gasteiger partial charge on any atom is 0.329 e. The van der Waals surface area contributed by atoms with E-state index in [4.69, 9.17) is 17.0 Å². The second-order valence-corrected chi connectivity index (χ2v) is 9.11. The van der Waals surface area contributed by atoms with Gasteiger partial charge in [-0.05, 0) is 51.4 Å². The molecule has 1 atom stereocenters. The number of unbranched alkanes of at least 4 members (excludes halogenated alkanes) is 3. The van der Waals surface area contributed by atoms with Crippen LogP contribution in [0.1, 0.15) is 73.6 Å². The number of hydrogen-bond acceptors (Lipinski definition) is 4. The average molecular weight is 429 g/mol. The van der Waals surface area contributed by atoms with Crippen LogP contribution in [0.3, 0.4) is 0 Å². The first kappa shape index (κ1) is 25.5. The molecule has 0 saturated carbocycles. The Morgan fingerprint density at radius 2 is 1.83 bits per heavy atom. The number of rotatable bonds is 12. The molecule has 0 aliphatic carbocycles. The SMILES string of the molecule is CCn1cc(F)c(=S)n(CCCCCCOC(=O)C(C)(CC(C)C)C(C)C)c1=O. The molecule has 29 heavy (non-hydrogen) atoms. The number of carbonyl (C=O) groups is 1. The molecule has 166 valence electrons. The van der Waals surface area contributed by atoms with Gasteiger partial charge in [-0.2, -0.15) is 0 Å². The lowest BCUT2D eigenvalue weighted by atomic mass is 9.73. The van der Waals surface area contributed by atoms with E-state index in [2.05, 4.69) is 27.7 Å². The zero-order valence-corrected chi connectivity index (χ0v) is 19.6. The van der Waals surface area contributed by atoms with Crippen LogP contribution in [0.25, 0.3) is 0 Å². The first-order valence-electron chi connectivity index (χ1n) is 10.7. The van der Waals surface area contributed by atoms with Crippen molar-refractivity contribution in [3.8, 4) is 0 Å². The Hall–Kier alpha value is -1.50. The fourth-order valence-corrected chi connectivity index (χ4v) is 3.72. The Morgan fingerprint density at radius 3 is 2.38 bits per heavy atom. The zero-order valence-electron chi connectivity index (χ0n) is 18.8. The third kappa shape index (κ3) is 7.05. The van der Waals surface area contributed by atoms with E-state index in [-0.39, 0.29) is 22.2 Å². The summed E-state index contributed by atoms with van der Waals surface area (Å²) in [6.45, 7) is 13.4. The van der Waals surface area contributed by atoms with Gasteiger partial charge in [-0.1, -0.05) is 46.3 Å². The highest BCUT2D eigenvalue weighted by molar-refractivity contribution is 7.71. The highest BCUT2D eigenvalue weighted by Gasteiger charge is 2.38. The summed E-state index contributed by atoms with van der Waals surface area (Å²) < 4.78 is 22.0. The van der Waals surface area contributed by atoms with Gasteiger partial charge in [-0.15, -0.1) is 0 Å². The molecule has 0 aliphatic heterocycles. The van der Waals surface area contributed by atoms with Crippen molar-refractivity contribution < 1.29 is 13.9 Å². The van der Waals surface area contributed by atoms with Crippen molar-refractivity contribution in [3.05, 3.63) is 27.1 Å². The number of esters is 1. The first-order chi connectivity index (χ1) is 13.5. The fraction of sp³-hybridized carbons (Fsp3) is 0.773. The molecule has 0 radical (unpaired) electrons. The summed E-state index contributed by atoms with van der Waals surface area (Å²) in [6.07, 6.45) is 5.21. The van der Waals surface area contributed by atoms with E-state index in [1.54, 1.807) is 6.92 Å². The molecule has 1 unspecified atom stereocenters. The summed E-state index contributed by atoms with van der Waals surface area (Å²) in [7, 11) is 0. The van der Waals surface area contributed by atoms with Crippen molar-refractivity contribution >= 4 is 18.2 Å². The molecule has 0 spiro atoms. The van der Waals surface area contributed by atoms with E-state index < -0.39 is 11.2 Å². The van der Waals surface area contributed by atoms with E-state index >= 15 is 0 Å². The topological polar surface area (TPSA) is 53.2 Å². The summed E-state index contributed by atoms with van der Waals surface area (Å²) in [6, 6.07) is 0. The number of aromatic nitrogens is 2. The van der Waals surface area contributed by atoms with Crippen LogP contribution in [-0.4, -0.2) is 21.7 Å². The maximum absolute atomic E-state index is 13.9. The van der Waals surface area contributed by atoms with Gasteiger partial charge in [0.1, 0.15) is 4.64 Å². The molecule has 0 aromatic carbocycles. The van der Waals surface area contributed by atoms with E-state index in [1.165, 1.54) is 15.3 Å². The zero-order chi connectivity index (χ0) is 22.2. The van der Waals surface area contributed by atoms with Crippen LogP contribution in [-0.2, 0) is 22.6 Å². The van der Waals surface area contributed by atoms with Gasteiger partial charge in [0, 0.05) is 19.3 Å². The molecule has 1 aromatic heterocycles. The largest absolute Gasteiger partial charge is 0.465 e. The van der Waals surface area contributed by atoms with Gasteiger partial charge in [0.15, 0.2) is 5.82 Å². The molecular formula is C22H37FN2O3S. The van der Waals surface area contributed by atoms with Gasteiger partial charge in [0.25, 0.3) is 0 Å². The molecule has 0 amide bonds. The first-order valence-corrected chi connectivity index (χ1v) is 11.1. The third-order valence-electron chi connectivity index (χ3n) is 5.62. The summed E-state index contributed by atoms with van der Waals surface area (Å²) in [5.74, 6) is -0.00219. The Balaban J connectivity index is 2.44. The smallest absolute Gasteiger partial charge is 0.329 e. The van der Waals surface area contributed by atoms with Crippen LogP contribution in [0.5, 0.6) is 0 Å². The summed E-state index contributed by atoms with van der Waals surface area (Å²) in [4.78, 5) is 24.8. The van der Waals surface area contributed by atoms with E-state index in [1.807, 2.05) is 6.92 Å². The van der Waals surface area contributed by atoms with Crippen LogP contribution in [0.4, 0.5) is 4.39 Å². The van der Waals surface area contributed by atoms with Gasteiger partial charge in [0.05, 0.1) is 12.0 Å². The predicted molar refractivity (Wildman–Crippen MR) is 117 cm³/mol. The van der Waals surface area contributed by atoms with Crippen LogP contribution in [0.15, 0.2) is 11.0 Å². The highest BCUT2D eigenvalue weighted by atomic mass is 32.1. The van der Waals surface area contributed by atoms with Gasteiger partial charge < -0.3 is 4.74 Å². The molecule has 0 aliphatic rings. The van der Waals surface area contributed by atoms with Crippen molar-refractivity contribution in [2.45, 2.75) is 86.7 Å². The molecule has 1 aromatic rings. The number of carbonyl (C=O) groups excluding carboxylic acids is 1. The van der Waals surface area contributed by atoms with Crippen molar-refractivity contribution in [1.29, 1.82) is 0 Å². The Bertz CT molecular complexity index is 785. The molecule has 5 nitrogen and oxygen atoms in total. The number of aryl methyl sites for hydroxylation is 1. The predicted octanol–water partition coefficient (Wildman–Crippen LogP) is 5.35. The lowest BCUT2D eigenvalue weighted by Crippen LogP contribution is -2.36. The van der Waals surface area contributed by atoms with Gasteiger partial charge in [-0.3, -0.25) is 13.9 Å². The van der Waals surface area contributed by atoms with Gasteiger partial charge in [-0.25, -0.2) is 9.18 Å². The number of ether oxygens (including phenoxy) is 1. The van der Waals surface area contributed by atoms with Crippen molar-refractivity contribution in [2.75, 3.05) is 6.61 Å². The van der Waals surface area contributed by atoms with Crippen LogP contribution in [0.2, 0.25) is 0 Å². The Kier molecular flexibility index (Phi) is 10.2. The molecule has 0 fully saturated rings. The average Bonchev–Trinajstić information content (AvgIpc) is 2.65. The van der Waals surface area contributed by atoms with Gasteiger partial charge >= 0.3 is 11.7 Å². The maximum atomic E-state index is 13.9. The molecule has 0 bridgehead atoms. The molecule has 0 saturated heterocycles. The quantitative estimate of drug-likeness (QED) is 0.256. The van der Waals surface area contributed by atoms with Gasteiger partial charge in [0.2, 0.25) is 0 Å². The normalized spacial score (nSPS) is 13.7. The minimum atomic E-state index is -0.539. The molecule has 7 heteroatoms. The van der Waals surface area contributed by atoms with E-state index in [9.17, 15) is 14.0 Å². The third-order valence-corrected chi connectivity index (χ3v) is 6.03. The Morgan fingerprint density at radius 1 is 1.21 bits per heavy atom. The number of nitrogens with zero attached hydrogens (tertiary/aromatic N) is 2. The van der Waals surface area contributed by atoms with E-state index in [0.29, 0.717) is 25.6 Å². The van der Waals surface area contributed by atoms with Crippen molar-refractivity contribution in [3.63, 3.8) is 0 Å². The monoisotopic (exact) mass is 428 g/mol. The standard InChI is InChI=1S/C22H37FN2O3S/c1-7-24-15-18(23)19(29)25(21(24)27)12-10-8-9-11-13-28-20(26)22(6,17(4)5)14-16(2)3/h15-17H,7-14H2,1-6H3. The van der Waals surface area contributed by atoms with Crippen molar-refractivity contribution in [1.82, 2.24) is 9.13 Å². The lowest BCUT2D eigenvalue weighted by molar-refractivity contribution is -0.159. The summed E-state index contributed by atoms with van der Waals surface area (Å²) >= 11 is 5.04. The molecule has 0 N–H and O–H groups in total. The molecule has 1 rings (SSSR count). The number of halogens is 1. The summed E-state index contributed by atoms with van der Waals surface area (Å²) in [5, 5.41) is 0.